The van der Waals surface area contributed by atoms with Crippen LogP contribution in [0.5, 0.6) is 0 Å². The fourth-order valence-electron chi connectivity index (χ4n) is 1.71. The molecule has 2 rings (SSSR count). The summed E-state index contributed by atoms with van der Waals surface area (Å²) in [5.41, 5.74) is 2.15. The Kier molecular flexibility index (Phi) is 3.49. The van der Waals surface area contributed by atoms with Gasteiger partial charge in [0.05, 0.1) is 6.61 Å². The molecule has 0 aromatic heterocycles. The van der Waals surface area contributed by atoms with Crippen LogP contribution in [0.25, 0.3) is 0 Å². The van der Waals surface area contributed by atoms with Crippen molar-refractivity contribution in [2.24, 2.45) is 0 Å². The van der Waals surface area contributed by atoms with Crippen molar-refractivity contribution in [1.29, 1.82) is 0 Å². The first kappa shape index (κ1) is 11.5. The lowest BCUT2D eigenvalue weighted by Crippen LogP contribution is -2.10. The smallest absolute Gasteiger partial charge is 0.328 e. The van der Waals surface area contributed by atoms with Crippen LogP contribution in [0.3, 0.4) is 0 Å². The molecule has 0 amide bonds. The molecule has 0 heterocycles. The number of esters is 1. The Hall–Kier alpha value is -1.02. The van der Waals surface area contributed by atoms with Crippen LogP contribution < -0.4 is 0 Å². The second-order valence-corrected chi connectivity index (χ2v) is 4.49. The summed E-state index contributed by atoms with van der Waals surface area (Å²) in [7, 11) is 0. The van der Waals surface area contributed by atoms with Crippen molar-refractivity contribution < 1.29 is 9.53 Å². The molecule has 3 heteroatoms. The molecule has 0 N–H and O–H groups in total. The third-order valence-corrected chi connectivity index (χ3v) is 3.20. The molecule has 0 radical (unpaired) electrons. The van der Waals surface area contributed by atoms with Gasteiger partial charge in [-0.3, -0.25) is 4.79 Å². The third-order valence-electron chi connectivity index (χ3n) is 2.77. The van der Waals surface area contributed by atoms with E-state index in [9.17, 15) is 4.79 Å². The zero-order valence-electron chi connectivity index (χ0n) is 9.28. The largest absolute Gasteiger partial charge is 0.465 e. The Labute approximate surface area is 101 Å². The maximum Gasteiger partial charge on any atom is 0.328 e. The van der Waals surface area contributed by atoms with E-state index in [-0.39, 0.29) is 5.97 Å². The SMILES string of the molecule is CCOC(=O)C(Cl)c1ccc(C2CC2)cc1. The Morgan fingerprint density at radius 2 is 2.06 bits per heavy atom. The van der Waals surface area contributed by atoms with Crippen molar-refractivity contribution >= 4 is 17.6 Å². The lowest BCUT2D eigenvalue weighted by atomic mass is 10.1. The first-order chi connectivity index (χ1) is 7.72. The summed E-state index contributed by atoms with van der Waals surface area (Å²) in [4.78, 5) is 11.4. The minimum Gasteiger partial charge on any atom is -0.465 e. The average Bonchev–Trinajstić information content (AvgIpc) is 3.12. The standard InChI is InChI=1S/C13H15ClO2/c1-2-16-13(15)12(14)11-7-5-10(6-8-11)9-3-4-9/h5-9,12H,2-4H2,1H3. The van der Waals surface area contributed by atoms with Crippen LogP contribution in [0, 0.1) is 0 Å². The highest BCUT2D eigenvalue weighted by Gasteiger charge is 2.24. The molecule has 1 unspecified atom stereocenters. The van der Waals surface area contributed by atoms with Crippen LogP contribution in [0.15, 0.2) is 24.3 Å². The van der Waals surface area contributed by atoms with Crippen LogP contribution in [-0.2, 0) is 9.53 Å². The minimum atomic E-state index is -0.687. The van der Waals surface area contributed by atoms with Gasteiger partial charge in [0.25, 0.3) is 0 Å². The van der Waals surface area contributed by atoms with Crippen molar-refractivity contribution in [3.8, 4) is 0 Å². The van der Waals surface area contributed by atoms with Crippen LogP contribution in [0.4, 0.5) is 0 Å². The lowest BCUT2D eigenvalue weighted by Gasteiger charge is -2.09. The highest BCUT2D eigenvalue weighted by atomic mass is 35.5. The van der Waals surface area contributed by atoms with Gasteiger partial charge in [-0.25, -0.2) is 0 Å². The van der Waals surface area contributed by atoms with E-state index in [0.29, 0.717) is 6.61 Å². The number of hydrogen-bond donors (Lipinski definition) is 0. The van der Waals surface area contributed by atoms with Crippen molar-refractivity contribution in [2.45, 2.75) is 31.1 Å². The van der Waals surface area contributed by atoms with E-state index in [1.807, 2.05) is 12.1 Å². The summed E-state index contributed by atoms with van der Waals surface area (Å²) in [5.74, 6) is 0.355. The zero-order valence-corrected chi connectivity index (χ0v) is 10.0. The van der Waals surface area contributed by atoms with E-state index < -0.39 is 5.38 Å². The summed E-state index contributed by atoms with van der Waals surface area (Å²) in [6.07, 6.45) is 2.56. The van der Waals surface area contributed by atoms with Crippen LogP contribution in [-0.4, -0.2) is 12.6 Å². The van der Waals surface area contributed by atoms with Gasteiger partial charge in [-0.2, -0.15) is 0 Å². The molecule has 0 bridgehead atoms. The van der Waals surface area contributed by atoms with Crippen LogP contribution >= 0.6 is 11.6 Å². The summed E-state index contributed by atoms with van der Waals surface area (Å²) in [6.45, 7) is 2.14. The number of alkyl halides is 1. The minimum absolute atomic E-state index is 0.363. The summed E-state index contributed by atoms with van der Waals surface area (Å²) in [6, 6.07) is 7.95. The molecular weight excluding hydrogens is 224 g/mol. The highest BCUT2D eigenvalue weighted by molar-refractivity contribution is 6.29. The Morgan fingerprint density at radius 3 is 2.56 bits per heavy atom. The summed E-state index contributed by atoms with van der Waals surface area (Å²) < 4.78 is 4.88. The summed E-state index contributed by atoms with van der Waals surface area (Å²) in [5, 5.41) is -0.687. The van der Waals surface area contributed by atoms with E-state index in [4.69, 9.17) is 16.3 Å². The van der Waals surface area contributed by atoms with Gasteiger partial charge in [0.2, 0.25) is 0 Å². The van der Waals surface area contributed by atoms with Gasteiger partial charge in [0.1, 0.15) is 0 Å². The molecule has 0 saturated heterocycles. The molecule has 2 nitrogen and oxygen atoms in total. The Balaban J connectivity index is 2.05. The molecule has 1 saturated carbocycles. The number of ether oxygens (including phenoxy) is 1. The molecular formula is C13H15ClO2. The van der Waals surface area contributed by atoms with E-state index >= 15 is 0 Å². The van der Waals surface area contributed by atoms with E-state index in [0.717, 1.165) is 11.5 Å². The molecule has 1 aromatic rings. The molecule has 1 aliphatic carbocycles. The predicted octanol–water partition coefficient (Wildman–Crippen LogP) is 3.41. The zero-order chi connectivity index (χ0) is 11.5. The fourth-order valence-corrected chi connectivity index (χ4v) is 1.91. The van der Waals surface area contributed by atoms with Gasteiger partial charge < -0.3 is 4.74 Å². The number of carbonyl (C=O) groups is 1. The first-order valence-corrected chi connectivity index (χ1v) is 6.06. The van der Waals surface area contributed by atoms with E-state index in [1.54, 1.807) is 6.92 Å². The second-order valence-electron chi connectivity index (χ2n) is 4.06. The maximum absolute atomic E-state index is 11.4. The van der Waals surface area contributed by atoms with Gasteiger partial charge in [0.15, 0.2) is 5.38 Å². The molecule has 16 heavy (non-hydrogen) atoms. The molecule has 1 fully saturated rings. The number of benzene rings is 1. The van der Waals surface area contributed by atoms with E-state index in [2.05, 4.69) is 12.1 Å². The molecule has 1 aromatic carbocycles. The third kappa shape index (κ3) is 2.56. The predicted molar refractivity (Wildman–Crippen MR) is 63.6 cm³/mol. The van der Waals surface area contributed by atoms with Crippen molar-refractivity contribution in [3.63, 3.8) is 0 Å². The maximum atomic E-state index is 11.4. The number of carbonyl (C=O) groups excluding carboxylic acids is 1. The van der Waals surface area contributed by atoms with Gasteiger partial charge in [-0.05, 0) is 36.8 Å². The molecule has 86 valence electrons. The number of halogens is 1. The lowest BCUT2D eigenvalue weighted by molar-refractivity contribution is -0.142. The quantitative estimate of drug-likeness (QED) is 0.594. The highest BCUT2D eigenvalue weighted by Crippen LogP contribution is 2.40. The Morgan fingerprint density at radius 1 is 1.44 bits per heavy atom. The number of rotatable bonds is 4. The van der Waals surface area contributed by atoms with Gasteiger partial charge >= 0.3 is 5.97 Å². The van der Waals surface area contributed by atoms with Crippen LogP contribution in [0.2, 0.25) is 0 Å². The number of hydrogen-bond acceptors (Lipinski definition) is 2. The fraction of sp³-hybridized carbons (Fsp3) is 0.462. The van der Waals surface area contributed by atoms with Crippen molar-refractivity contribution in [1.82, 2.24) is 0 Å². The van der Waals surface area contributed by atoms with Gasteiger partial charge in [0, 0.05) is 0 Å². The Bertz CT molecular complexity index is 368. The monoisotopic (exact) mass is 238 g/mol. The van der Waals surface area contributed by atoms with Gasteiger partial charge in [-0.1, -0.05) is 24.3 Å². The molecule has 1 atom stereocenters. The normalized spacial score (nSPS) is 16.9. The second kappa shape index (κ2) is 4.88. The topological polar surface area (TPSA) is 26.3 Å². The summed E-state index contributed by atoms with van der Waals surface area (Å²) >= 11 is 6.01. The van der Waals surface area contributed by atoms with Crippen LogP contribution in [0.1, 0.15) is 42.2 Å². The van der Waals surface area contributed by atoms with Gasteiger partial charge in [-0.15, -0.1) is 11.6 Å². The molecule has 0 aliphatic heterocycles. The average molecular weight is 239 g/mol. The van der Waals surface area contributed by atoms with E-state index in [1.165, 1.54) is 18.4 Å². The first-order valence-electron chi connectivity index (χ1n) is 5.63. The van der Waals surface area contributed by atoms with Crippen molar-refractivity contribution in [2.75, 3.05) is 6.61 Å². The van der Waals surface area contributed by atoms with Crippen molar-refractivity contribution in [3.05, 3.63) is 35.4 Å². The molecule has 0 spiro atoms. The molecule has 1 aliphatic rings.